The van der Waals surface area contributed by atoms with E-state index in [1.807, 2.05) is 6.07 Å². The summed E-state index contributed by atoms with van der Waals surface area (Å²) in [6.45, 7) is 1.44. The van der Waals surface area contributed by atoms with Gasteiger partial charge in [0.1, 0.15) is 0 Å². The quantitative estimate of drug-likeness (QED) is 0.834. The number of fused-ring (bicyclic) bond motifs is 1. The summed E-state index contributed by atoms with van der Waals surface area (Å²) in [6.07, 6.45) is 2.17. The third-order valence-electron chi connectivity index (χ3n) is 3.24. The monoisotopic (exact) mass is 248 g/mol. The van der Waals surface area contributed by atoms with Gasteiger partial charge in [-0.25, -0.2) is 9.50 Å². The lowest BCUT2D eigenvalue weighted by Gasteiger charge is -2.08. The molecule has 1 atom stereocenters. The molecule has 0 aliphatic carbocycles. The van der Waals surface area contributed by atoms with Crippen LogP contribution in [0.4, 0.5) is 0 Å². The molecular formula is C12H16N4O2. The number of methoxy groups -OCH3 is 1. The number of H-pyrrole nitrogens is 1. The summed E-state index contributed by atoms with van der Waals surface area (Å²) in [5.74, 6) is 0. The Hall–Kier alpha value is -1.66. The molecule has 1 fully saturated rings. The molecule has 18 heavy (non-hydrogen) atoms. The average Bonchev–Trinajstić information content (AvgIpc) is 2.97. The number of nitrogens with zero attached hydrogens (tertiary/aromatic N) is 2. The van der Waals surface area contributed by atoms with Gasteiger partial charge < -0.3 is 10.1 Å². The second kappa shape index (κ2) is 4.55. The molecule has 0 saturated carbocycles. The maximum atomic E-state index is 12.0. The van der Waals surface area contributed by atoms with Gasteiger partial charge in [-0.05, 0) is 19.4 Å². The Bertz CT molecular complexity index is 610. The van der Waals surface area contributed by atoms with E-state index in [9.17, 15) is 4.79 Å². The maximum absolute atomic E-state index is 12.0. The number of hydrogen-bond acceptors (Lipinski definition) is 4. The highest BCUT2D eigenvalue weighted by atomic mass is 16.5. The van der Waals surface area contributed by atoms with E-state index in [2.05, 4.69) is 15.4 Å². The molecule has 1 aliphatic rings. The molecule has 0 bridgehead atoms. The standard InChI is InChI=1S/C12H16N4O2/c1-18-7-8-5-11-14-10(9-3-2-4-13-9)6-12(17)16(11)15-8/h5-6,9,13,15H,2-4,7H2,1H3. The van der Waals surface area contributed by atoms with Crippen LogP contribution >= 0.6 is 0 Å². The first kappa shape index (κ1) is 11.4. The number of rotatable bonds is 3. The maximum Gasteiger partial charge on any atom is 0.272 e. The molecule has 0 radical (unpaired) electrons. The molecule has 2 N–H and O–H groups in total. The minimum atomic E-state index is -0.0777. The number of ether oxygens (including phenoxy) is 1. The average molecular weight is 248 g/mol. The number of aromatic amines is 1. The number of hydrogen-bond donors (Lipinski definition) is 2. The lowest BCUT2D eigenvalue weighted by molar-refractivity contribution is 0.181. The van der Waals surface area contributed by atoms with Crippen molar-refractivity contribution in [3.8, 4) is 0 Å². The molecule has 1 unspecified atom stereocenters. The predicted octanol–water partition coefficient (Wildman–Crippen LogP) is 0.594. The Balaban J connectivity index is 2.05. The van der Waals surface area contributed by atoms with Crippen molar-refractivity contribution in [3.63, 3.8) is 0 Å². The van der Waals surface area contributed by atoms with Gasteiger partial charge in [-0.2, -0.15) is 0 Å². The van der Waals surface area contributed by atoms with Crippen molar-refractivity contribution in [2.45, 2.75) is 25.5 Å². The fourth-order valence-electron chi connectivity index (χ4n) is 2.40. The van der Waals surface area contributed by atoms with E-state index >= 15 is 0 Å². The van der Waals surface area contributed by atoms with E-state index in [-0.39, 0.29) is 11.6 Å². The van der Waals surface area contributed by atoms with Crippen LogP contribution < -0.4 is 10.9 Å². The smallest absolute Gasteiger partial charge is 0.272 e. The summed E-state index contributed by atoms with van der Waals surface area (Å²) < 4.78 is 6.49. The molecule has 1 saturated heterocycles. The van der Waals surface area contributed by atoms with Gasteiger partial charge in [-0.15, -0.1) is 0 Å². The number of nitrogens with one attached hydrogen (secondary N) is 2. The van der Waals surface area contributed by atoms with Crippen molar-refractivity contribution in [1.82, 2.24) is 19.9 Å². The minimum absolute atomic E-state index is 0.0777. The van der Waals surface area contributed by atoms with Gasteiger partial charge in [-0.1, -0.05) is 0 Å². The lowest BCUT2D eigenvalue weighted by Crippen LogP contribution is -2.21. The highest BCUT2D eigenvalue weighted by Crippen LogP contribution is 2.20. The summed E-state index contributed by atoms with van der Waals surface area (Å²) in [5.41, 5.74) is 2.25. The van der Waals surface area contributed by atoms with Crippen LogP contribution in [0.15, 0.2) is 16.9 Å². The first-order valence-electron chi connectivity index (χ1n) is 6.12. The van der Waals surface area contributed by atoms with E-state index < -0.39 is 0 Å². The van der Waals surface area contributed by atoms with Crippen molar-refractivity contribution >= 4 is 5.65 Å². The van der Waals surface area contributed by atoms with Crippen molar-refractivity contribution in [2.24, 2.45) is 0 Å². The van der Waals surface area contributed by atoms with Gasteiger partial charge in [0, 0.05) is 25.3 Å². The van der Waals surface area contributed by atoms with Gasteiger partial charge in [0.2, 0.25) is 0 Å². The van der Waals surface area contributed by atoms with Crippen LogP contribution in [-0.2, 0) is 11.3 Å². The zero-order valence-corrected chi connectivity index (χ0v) is 10.3. The first-order valence-corrected chi connectivity index (χ1v) is 6.12. The molecule has 96 valence electrons. The Kier molecular flexibility index (Phi) is 2.89. The fourth-order valence-corrected chi connectivity index (χ4v) is 2.40. The van der Waals surface area contributed by atoms with Crippen LogP contribution in [0.25, 0.3) is 5.65 Å². The zero-order valence-electron chi connectivity index (χ0n) is 10.3. The normalized spacial score (nSPS) is 19.7. The second-order valence-electron chi connectivity index (χ2n) is 4.58. The Morgan fingerprint density at radius 3 is 3.17 bits per heavy atom. The van der Waals surface area contributed by atoms with Crippen LogP contribution in [0.2, 0.25) is 0 Å². The predicted molar refractivity (Wildman–Crippen MR) is 66.5 cm³/mol. The molecule has 6 heteroatoms. The van der Waals surface area contributed by atoms with Crippen molar-refractivity contribution < 1.29 is 4.74 Å². The lowest BCUT2D eigenvalue weighted by atomic mass is 10.1. The van der Waals surface area contributed by atoms with Gasteiger partial charge in [0.15, 0.2) is 5.65 Å². The molecule has 0 aromatic carbocycles. The van der Waals surface area contributed by atoms with Crippen molar-refractivity contribution in [1.29, 1.82) is 0 Å². The third-order valence-corrected chi connectivity index (χ3v) is 3.24. The van der Waals surface area contributed by atoms with Gasteiger partial charge in [0.25, 0.3) is 5.56 Å². The van der Waals surface area contributed by atoms with Crippen molar-refractivity contribution in [2.75, 3.05) is 13.7 Å². The Morgan fingerprint density at radius 1 is 1.56 bits per heavy atom. The minimum Gasteiger partial charge on any atom is -0.378 e. The first-order chi connectivity index (χ1) is 8.78. The van der Waals surface area contributed by atoms with Crippen LogP contribution in [-0.4, -0.2) is 28.3 Å². The van der Waals surface area contributed by atoms with E-state index in [1.165, 1.54) is 4.52 Å². The molecule has 6 nitrogen and oxygen atoms in total. The zero-order chi connectivity index (χ0) is 12.5. The summed E-state index contributed by atoms with van der Waals surface area (Å²) >= 11 is 0. The molecule has 2 aromatic heterocycles. The van der Waals surface area contributed by atoms with E-state index in [4.69, 9.17) is 4.74 Å². The second-order valence-corrected chi connectivity index (χ2v) is 4.58. The van der Waals surface area contributed by atoms with Gasteiger partial charge >= 0.3 is 0 Å². The fraction of sp³-hybridized carbons (Fsp3) is 0.500. The molecule has 0 spiro atoms. The van der Waals surface area contributed by atoms with E-state index in [0.717, 1.165) is 30.8 Å². The Labute approximate surface area is 104 Å². The highest BCUT2D eigenvalue weighted by Gasteiger charge is 2.19. The van der Waals surface area contributed by atoms with Crippen LogP contribution in [0, 0.1) is 0 Å². The van der Waals surface area contributed by atoms with Crippen LogP contribution in [0.3, 0.4) is 0 Å². The molecule has 1 aliphatic heterocycles. The van der Waals surface area contributed by atoms with Crippen LogP contribution in [0.5, 0.6) is 0 Å². The largest absolute Gasteiger partial charge is 0.378 e. The van der Waals surface area contributed by atoms with Crippen LogP contribution in [0.1, 0.15) is 30.3 Å². The van der Waals surface area contributed by atoms with Crippen molar-refractivity contribution in [3.05, 3.63) is 33.9 Å². The topological polar surface area (TPSA) is 71.4 Å². The Morgan fingerprint density at radius 2 is 2.44 bits per heavy atom. The molecule has 3 heterocycles. The molecule has 3 rings (SSSR count). The summed E-state index contributed by atoms with van der Waals surface area (Å²) in [5, 5.41) is 6.33. The molecule has 2 aromatic rings. The summed E-state index contributed by atoms with van der Waals surface area (Å²) in [7, 11) is 1.62. The number of aromatic nitrogens is 3. The summed E-state index contributed by atoms with van der Waals surface area (Å²) in [6, 6.07) is 3.66. The van der Waals surface area contributed by atoms with E-state index in [0.29, 0.717) is 12.3 Å². The third kappa shape index (κ3) is 1.93. The molecule has 0 amide bonds. The SMILES string of the molecule is COCc1cc2nc(C3CCCN3)cc(=O)n2[nH]1. The molecular weight excluding hydrogens is 232 g/mol. The highest BCUT2D eigenvalue weighted by molar-refractivity contribution is 5.40. The van der Waals surface area contributed by atoms with E-state index in [1.54, 1.807) is 13.2 Å². The van der Waals surface area contributed by atoms with Gasteiger partial charge in [-0.3, -0.25) is 9.89 Å². The van der Waals surface area contributed by atoms with Gasteiger partial charge in [0.05, 0.1) is 18.0 Å². The summed E-state index contributed by atoms with van der Waals surface area (Å²) in [4.78, 5) is 16.5.